The van der Waals surface area contributed by atoms with Gasteiger partial charge in [0.1, 0.15) is 6.23 Å². The SMILES string of the molecule is CC1CNC(C2CCCN(C)C2)OC1. The maximum absolute atomic E-state index is 5.84. The second kappa shape index (κ2) is 4.60. The van der Waals surface area contributed by atoms with E-state index in [4.69, 9.17) is 4.74 Å². The minimum atomic E-state index is 0.314. The van der Waals surface area contributed by atoms with Crippen LogP contribution in [-0.2, 0) is 4.74 Å². The summed E-state index contributed by atoms with van der Waals surface area (Å²) in [6.07, 6.45) is 2.95. The van der Waals surface area contributed by atoms with Gasteiger partial charge in [0.2, 0.25) is 0 Å². The van der Waals surface area contributed by atoms with E-state index < -0.39 is 0 Å². The summed E-state index contributed by atoms with van der Waals surface area (Å²) >= 11 is 0. The second-order valence-corrected chi connectivity index (χ2v) is 4.93. The van der Waals surface area contributed by atoms with E-state index in [1.54, 1.807) is 0 Å². The van der Waals surface area contributed by atoms with Gasteiger partial charge in [0.15, 0.2) is 0 Å². The Kier molecular flexibility index (Phi) is 3.42. The molecule has 0 aliphatic carbocycles. The molecule has 2 fully saturated rings. The Bertz CT molecular complexity index is 178. The van der Waals surface area contributed by atoms with Gasteiger partial charge in [-0.25, -0.2) is 0 Å². The minimum absolute atomic E-state index is 0.314. The number of likely N-dealkylation sites (tertiary alicyclic amines) is 1. The first-order valence-electron chi connectivity index (χ1n) is 5.79. The van der Waals surface area contributed by atoms with Gasteiger partial charge in [0.25, 0.3) is 0 Å². The average molecular weight is 198 g/mol. The molecular formula is C11H22N2O. The summed E-state index contributed by atoms with van der Waals surface area (Å²) in [5.41, 5.74) is 0. The molecule has 0 aromatic carbocycles. The van der Waals surface area contributed by atoms with Crippen LogP contribution in [0.2, 0.25) is 0 Å². The summed E-state index contributed by atoms with van der Waals surface area (Å²) in [5.74, 6) is 1.37. The maximum atomic E-state index is 5.84. The lowest BCUT2D eigenvalue weighted by atomic mass is 9.95. The van der Waals surface area contributed by atoms with E-state index >= 15 is 0 Å². The van der Waals surface area contributed by atoms with Gasteiger partial charge in [-0.1, -0.05) is 6.92 Å². The Hall–Kier alpha value is -0.120. The van der Waals surface area contributed by atoms with E-state index in [2.05, 4.69) is 24.2 Å². The van der Waals surface area contributed by atoms with Gasteiger partial charge in [-0.2, -0.15) is 0 Å². The van der Waals surface area contributed by atoms with Crippen LogP contribution in [0.15, 0.2) is 0 Å². The van der Waals surface area contributed by atoms with Crippen molar-refractivity contribution in [1.82, 2.24) is 10.2 Å². The molecule has 0 aromatic heterocycles. The Morgan fingerprint density at radius 2 is 2.29 bits per heavy atom. The first-order valence-corrected chi connectivity index (χ1v) is 5.79. The first kappa shape index (κ1) is 10.4. The fraction of sp³-hybridized carbons (Fsp3) is 1.00. The Labute approximate surface area is 86.8 Å². The lowest BCUT2D eigenvalue weighted by Gasteiger charge is -2.38. The van der Waals surface area contributed by atoms with E-state index in [9.17, 15) is 0 Å². The van der Waals surface area contributed by atoms with Crippen LogP contribution in [0, 0.1) is 11.8 Å². The standard InChI is InChI=1S/C11H22N2O/c1-9-6-12-11(14-8-9)10-4-3-5-13(2)7-10/h9-12H,3-8H2,1-2H3. The number of hydrogen-bond acceptors (Lipinski definition) is 3. The number of ether oxygens (including phenoxy) is 1. The number of rotatable bonds is 1. The first-order chi connectivity index (χ1) is 6.75. The second-order valence-electron chi connectivity index (χ2n) is 4.93. The largest absolute Gasteiger partial charge is 0.363 e. The third kappa shape index (κ3) is 2.47. The van der Waals surface area contributed by atoms with Gasteiger partial charge in [-0.05, 0) is 32.4 Å². The molecule has 3 unspecified atom stereocenters. The van der Waals surface area contributed by atoms with Crippen LogP contribution in [0.25, 0.3) is 0 Å². The molecule has 14 heavy (non-hydrogen) atoms. The minimum Gasteiger partial charge on any atom is -0.363 e. The molecule has 2 aliphatic rings. The molecule has 2 saturated heterocycles. The van der Waals surface area contributed by atoms with Crippen molar-refractivity contribution < 1.29 is 4.74 Å². The molecule has 0 spiro atoms. The van der Waals surface area contributed by atoms with Crippen molar-refractivity contribution in [3.63, 3.8) is 0 Å². The van der Waals surface area contributed by atoms with Crippen molar-refractivity contribution in [2.45, 2.75) is 26.0 Å². The van der Waals surface area contributed by atoms with E-state index in [1.807, 2.05) is 0 Å². The highest BCUT2D eigenvalue weighted by Crippen LogP contribution is 2.21. The number of nitrogens with one attached hydrogen (secondary N) is 1. The van der Waals surface area contributed by atoms with Crippen molar-refractivity contribution >= 4 is 0 Å². The number of hydrogen-bond donors (Lipinski definition) is 1. The summed E-state index contributed by atoms with van der Waals surface area (Å²) in [7, 11) is 2.21. The van der Waals surface area contributed by atoms with Crippen molar-refractivity contribution in [3.05, 3.63) is 0 Å². The Morgan fingerprint density at radius 1 is 1.43 bits per heavy atom. The number of piperidine rings is 1. The molecule has 3 nitrogen and oxygen atoms in total. The fourth-order valence-electron chi connectivity index (χ4n) is 2.46. The molecule has 3 atom stereocenters. The summed E-state index contributed by atoms with van der Waals surface area (Å²) in [4.78, 5) is 2.41. The molecule has 2 heterocycles. The zero-order chi connectivity index (χ0) is 9.97. The van der Waals surface area contributed by atoms with Crippen molar-refractivity contribution in [1.29, 1.82) is 0 Å². The average Bonchev–Trinajstić information content (AvgIpc) is 2.19. The van der Waals surface area contributed by atoms with E-state index in [-0.39, 0.29) is 0 Å². The summed E-state index contributed by atoms with van der Waals surface area (Å²) in [6.45, 7) is 6.71. The molecule has 0 radical (unpaired) electrons. The van der Waals surface area contributed by atoms with E-state index in [0.29, 0.717) is 18.1 Å². The molecule has 2 aliphatic heterocycles. The number of nitrogens with zero attached hydrogens (tertiary/aromatic N) is 1. The third-order valence-corrected chi connectivity index (χ3v) is 3.32. The molecule has 0 bridgehead atoms. The van der Waals surface area contributed by atoms with Crippen LogP contribution in [0.1, 0.15) is 19.8 Å². The van der Waals surface area contributed by atoms with Crippen molar-refractivity contribution in [3.8, 4) is 0 Å². The van der Waals surface area contributed by atoms with E-state index in [1.165, 1.54) is 25.9 Å². The van der Waals surface area contributed by atoms with Gasteiger partial charge in [0.05, 0.1) is 6.61 Å². The normalized spacial score (nSPS) is 41.1. The summed E-state index contributed by atoms with van der Waals surface area (Å²) < 4.78 is 5.84. The van der Waals surface area contributed by atoms with Crippen molar-refractivity contribution in [2.24, 2.45) is 11.8 Å². The van der Waals surface area contributed by atoms with Gasteiger partial charge in [-0.3, -0.25) is 5.32 Å². The molecule has 0 amide bonds. The van der Waals surface area contributed by atoms with Gasteiger partial charge in [-0.15, -0.1) is 0 Å². The quantitative estimate of drug-likeness (QED) is 0.678. The Balaban J connectivity index is 1.82. The van der Waals surface area contributed by atoms with Gasteiger partial charge < -0.3 is 9.64 Å². The summed E-state index contributed by atoms with van der Waals surface area (Å²) in [5, 5.41) is 3.51. The predicted molar refractivity (Wildman–Crippen MR) is 57.1 cm³/mol. The van der Waals surface area contributed by atoms with Gasteiger partial charge >= 0.3 is 0 Å². The Morgan fingerprint density at radius 3 is 2.93 bits per heavy atom. The zero-order valence-electron chi connectivity index (χ0n) is 9.33. The van der Waals surface area contributed by atoms with Crippen molar-refractivity contribution in [2.75, 3.05) is 33.3 Å². The molecular weight excluding hydrogens is 176 g/mol. The smallest absolute Gasteiger partial charge is 0.112 e. The van der Waals surface area contributed by atoms with Crippen LogP contribution in [0.5, 0.6) is 0 Å². The molecule has 0 aromatic rings. The highest BCUT2D eigenvalue weighted by Gasteiger charge is 2.29. The molecule has 1 N–H and O–H groups in total. The monoisotopic (exact) mass is 198 g/mol. The lowest BCUT2D eigenvalue weighted by molar-refractivity contribution is -0.0701. The highest BCUT2D eigenvalue weighted by atomic mass is 16.5. The molecule has 2 rings (SSSR count). The van der Waals surface area contributed by atoms with Crippen LogP contribution in [0.3, 0.4) is 0 Å². The molecule has 3 heteroatoms. The van der Waals surface area contributed by atoms with Crippen LogP contribution < -0.4 is 5.32 Å². The molecule has 82 valence electrons. The zero-order valence-corrected chi connectivity index (χ0v) is 9.33. The van der Waals surface area contributed by atoms with Crippen LogP contribution in [-0.4, -0.2) is 44.4 Å². The topological polar surface area (TPSA) is 24.5 Å². The maximum Gasteiger partial charge on any atom is 0.112 e. The lowest BCUT2D eigenvalue weighted by Crippen LogP contribution is -2.50. The fourth-order valence-corrected chi connectivity index (χ4v) is 2.46. The van der Waals surface area contributed by atoms with Gasteiger partial charge in [0, 0.05) is 19.0 Å². The molecule has 0 saturated carbocycles. The van der Waals surface area contributed by atoms with E-state index in [0.717, 1.165) is 13.2 Å². The predicted octanol–water partition coefficient (Wildman–Crippen LogP) is 0.910. The highest BCUT2D eigenvalue weighted by molar-refractivity contribution is 4.79. The van der Waals surface area contributed by atoms with Crippen LogP contribution >= 0.6 is 0 Å². The van der Waals surface area contributed by atoms with Crippen LogP contribution in [0.4, 0.5) is 0 Å². The third-order valence-electron chi connectivity index (χ3n) is 3.32. The summed E-state index contributed by atoms with van der Waals surface area (Å²) in [6, 6.07) is 0.